The Labute approximate surface area is 129 Å². The molecule has 5 nitrogen and oxygen atoms in total. The quantitative estimate of drug-likeness (QED) is 0.910. The number of anilines is 1. The van der Waals surface area contributed by atoms with Crippen LogP contribution in [0.2, 0.25) is 0 Å². The fourth-order valence-electron chi connectivity index (χ4n) is 2.43. The second kappa shape index (κ2) is 7.04. The first-order valence-electron chi connectivity index (χ1n) is 7.54. The molecule has 3 rings (SSSR count). The van der Waals surface area contributed by atoms with Gasteiger partial charge in [-0.15, -0.1) is 0 Å². The predicted octanol–water partition coefficient (Wildman–Crippen LogP) is 2.95. The molecule has 2 heterocycles. The number of hydrogen-bond acceptors (Lipinski definition) is 4. The van der Waals surface area contributed by atoms with Crippen LogP contribution in [0.1, 0.15) is 19.3 Å². The average Bonchev–Trinajstić information content (AvgIpc) is 2.58. The highest BCUT2D eigenvalue weighted by Gasteiger charge is 2.20. The van der Waals surface area contributed by atoms with Crippen molar-refractivity contribution in [2.45, 2.75) is 25.3 Å². The maximum atomic E-state index is 12.1. The third-order valence-corrected chi connectivity index (χ3v) is 3.60. The summed E-state index contributed by atoms with van der Waals surface area (Å²) in [7, 11) is 0. The van der Waals surface area contributed by atoms with E-state index in [0.717, 1.165) is 31.6 Å². The van der Waals surface area contributed by atoms with Crippen molar-refractivity contribution in [3.05, 3.63) is 48.7 Å². The van der Waals surface area contributed by atoms with Crippen LogP contribution in [-0.2, 0) is 4.79 Å². The highest BCUT2D eigenvalue weighted by atomic mass is 16.5. The van der Waals surface area contributed by atoms with Gasteiger partial charge in [0.1, 0.15) is 5.75 Å². The normalized spacial score (nSPS) is 17.7. The van der Waals surface area contributed by atoms with Gasteiger partial charge < -0.3 is 15.4 Å². The molecular formula is C17H19N3O2. The van der Waals surface area contributed by atoms with E-state index in [1.807, 2.05) is 30.3 Å². The number of pyridine rings is 1. The summed E-state index contributed by atoms with van der Waals surface area (Å²) in [6.45, 7) is 0.903. The van der Waals surface area contributed by atoms with Gasteiger partial charge in [0, 0.05) is 6.07 Å². The molecule has 5 heteroatoms. The summed E-state index contributed by atoms with van der Waals surface area (Å²) in [4.78, 5) is 16.3. The SMILES string of the molecule is O=C(Nc1ccc(Oc2ccccc2)nc1)[C@H]1CCCCN1. The fourth-order valence-corrected chi connectivity index (χ4v) is 2.43. The number of nitrogens with one attached hydrogen (secondary N) is 2. The Morgan fingerprint density at radius 1 is 1.18 bits per heavy atom. The molecule has 1 aromatic heterocycles. The number of nitrogens with zero attached hydrogens (tertiary/aromatic N) is 1. The van der Waals surface area contributed by atoms with E-state index in [4.69, 9.17) is 4.74 Å². The number of amides is 1. The van der Waals surface area contributed by atoms with Crippen LogP contribution in [0.3, 0.4) is 0 Å². The first-order chi connectivity index (χ1) is 10.8. The number of para-hydroxylation sites is 1. The van der Waals surface area contributed by atoms with Crippen molar-refractivity contribution < 1.29 is 9.53 Å². The molecule has 0 spiro atoms. The molecule has 114 valence electrons. The van der Waals surface area contributed by atoms with Crippen LogP contribution < -0.4 is 15.4 Å². The summed E-state index contributed by atoms with van der Waals surface area (Å²) in [6, 6.07) is 12.9. The van der Waals surface area contributed by atoms with Crippen LogP contribution in [0, 0.1) is 0 Å². The van der Waals surface area contributed by atoms with Gasteiger partial charge in [-0.05, 0) is 37.6 Å². The summed E-state index contributed by atoms with van der Waals surface area (Å²) in [5, 5.41) is 6.11. The van der Waals surface area contributed by atoms with Gasteiger partial charge in [-0.2, -0.15) is 0 Å². The van der Waals surface area contributed by atoms with E-state index in [2.05, 4.69) is 15.6 Å². The molecule has 0 radical (unpaired) electrons. The Hall–Kier alpha value is -2.40. The molecular weight excluding hydrogens is 278 g/mol. The second-order valence-corrected chi connectivity index (χ2v) is 5.29. The Kier molecular flexibility index (Phi) is 4.65. The van der Waals surface area contributed by atoms with Crippen molar-refractivity contribution in [3.63, 3.8) is 0 Å². The lowest BCUT2D eigenvalue weighted by Crippen LogP contribution is -2.43. The topological polar surface area (TPSA) is 63.2 Å². The number of carbonyl (C=O) groups is 1. The number of benzene rings is 1. The summed E-state index contributed by atoms with van der Waals surface area (Å²) in [5.74, 6) is 1.23. The second-order valence-electron chi connectivity index (χ2n) is 5.29. The number of ether oxygens (including phenoxy) is 1. The molecule has 2 aromatic rings. The molecule has 0 unspecified atom stereocenters. The van der Waals surface area contributed by atoms with Gasteiger partial charge in [0.25, 0.3) is 0 Å². The fraction of sp³-hybridized carbons (Fsp3) is 0.294. The molecule has 0 aliphatic carbocycles. The van der Waals surface area contributed by atoms with Gasteiger partial charge in [0.15, 0.2) is 0 Å². The minimum atomic E-state index is -0.103. The molecule has 1 aliphatic heterocycles. The van der Waals surface area contributed by atoms with E-state index in [0.29, 0.717) is 11.6 Å². The Bertz CT molecular complexity index is 608. The van der Waals surface area contributed by atoms with Gasteiger partial charge >= 0.3 is 0 Å². The smallest absolute Gasteiger partial charge is 0.241 e. The summed E-state index contributed by atoms with van der Waals surface area (Å²) in [6.07, 6.45) is 4.72. The highest BCUT2D eigenvalue weighted by Crippen LogP contribution is 2.20. The van der Waals surface area contributed by atoms with Crippen LogP contribution in [0.4, 0.5) is 5.69 Å². The highest BCUT2D eigenvalue weighted by molar-refractivity contribution is 5.94. The lowest BCUT2D eigenvalue weighted by Gasteiger charge is -2.22. The molecule has 22 heavy (non-hydrogen) atoms. The van der Waals surface area contributed by atoms with Crippen molar-refractivity contribution in [2.24, 2.45) is 0 Å². The zero-order valence-corrected chi connectivity index (χ0v) is 12.3. The third-order valence-electron chi connectivity index (χ3n) is 3.60. The number of rotatable bonds is 4. The minimum Gasteiger partial charge on any atom is -0.439 e. The monoisotopic (exact) mass is 297 g/mol. The first-order valence-corrected chi connectivity index (χ1v) is 7.54. The van der Waals surface area contributed by atoms with E-state index >= 15 is 0 Å². The molecule has 1 amide bonds. The first kappa shape index (κ1) is 14.5. The van der Waals surface area contributed by atoms with Gasteiger partial charge in [0.2, 0.25) is 11.8 Å². The van der Waals surface area contributed by atoms with E-state index in [1.165, 1.54) is 0 Å². The van der Waals surface area contributed by atoms with Gasteiger partial charge in [-0.1, -0.05) is 24.6 Å². The summed E-state index contributed by atoms with van der Waals surface area (Å²) in [5.41, 5.74) is 0.679. The van der Waals surface area contributed by atoms with Crippen LogP contribution in [0.5, 0.6) is 11.6 Å². The molecule has 1 aliphatic rings. The molecule has 1 aromatic carbocycles. The number of carbonyl (C=O) groups excluding carboxylic acids is 1. The minimum absolute atomic E-state index is 0.00164. The predicted molar refractivity (Wildman–Crippen MR) is 85.0 cm³/mol. The van der Waals surface area contributed by atoms with E-state index in [1.54, 1.807) is 18.3 Å². The van der Waals surface area contributed by atoms with Crippen molar-refractivity contribution in [2.75, 3.05) is 11.9 Å². The Balaban J connectivity index is 1.58. The maximum Gasteiger partial charge on any atom is 0.241 e. The number of piperidine rings is 1. The average molecular weight is 297 g/mol. The van der Waals surface area contributed by atoms with Gasteiger partial charge in [-0.25, -0.2) is 4.98 Å². The molecule has 1 atom stereocenters. The zero-order chi connectivity index (χ0) is 15.2. The van der Waals surface area contributed by atoms with E-state index in [9.17, 15) is 4.79 Å². The standard InChI is InChI=1S/C17H19N3O2/c21-17(15-8-4-5-11-18-15)20-13-9-10-16(19-12-13)22-14-6-2-1-3-7-14/h1-3,6-7,9-10,12,15,18H,4-5,8,11H2,(H,20,21)/t15-/m1/s1. The number of hydrogen-bond donors (Lipinski definition) is 2. The Morgan fingerprint density at radius 3 is 2.73 bits per heavy atom. The van der Waals surface area contributed by atoms with E-state index in [-0.39, 0.29) is 11.9 Å². The summed E-state index contributed by atoms with van der Waals surface area (Å²) < 4.78 is 5.62. The van der Waals surface area contributed by atoms with Crippen molar-refractivity contribution in [1.29, 1.82) is 0 Å². The molecule has 1 saturated heterocycles. The number of aromatic nitrogens is 1. The zero-order valence-electron chi connectivity index (χ0n) is 12.3. The van der Waals surface area contributed by atoms with Crippen molar-refractivity contribution in [1.82, 2.24) is 10.3 Å². The van der Waals surface area contributed by atoms with Gasteiger partial charge in [-0.3, -0.25) is 4.79 Å². The van der Waals surface area contributed by atoms with Crippen LogP contribution >= 0.6 is 0 Å². The molecule has 2 N–H and O–H groups in total. The van der Waals surface area contributed by atoms with Crippen LogP contribution in [0.15, 0.2) is 48.7 Å². The third kappa shape index (κ3) is 3.83. The van der Waals surface area contributed by atoms with Crippen molar-refractivity contribution in [3.8, 4) is 11.6 Å². The lowest BCUT2D eigenvalue weighted by atomic mass is 10.0. The van der Waals surface area contributed by atoms with Crippen LogP contribution in [0.25, 0.3) is 0 Å². The van der Waals surface area contributed by atoms with Crippen molar-refractivity contribution >= 4 is 11.6 Å². The largest absolute Gasteiger partial charge is 0.439 e. The van der Waals surface area contributed by atoms with Gasteiger partial charge in [0.05, 0.1) is 17.9 Å². The summed E-state index contributed by atoms with van der Waals surface area (Å²) >= 11 is 0. The molecule has 0 saturated carbocycles. The maximum absolute atomic E-state index is 12.1. The van der Waals surface area contributed by atoms with Crippen LogP contribution in [-0.4, -0.2) is 23.5 Å². The Morgan fingerprint density at radius 2 is 2.05 bits per heavy atom. The molecule has 0 bridgehead atoms. The molecule has 1 fully saturated rings. The lowest BCUT2D eigenvalue weighted by molar-refractivity contribution is -0.118. The van der Waals surface area contributed by atoms with E-state index < -0.39 is 0 Å².